The van der Waals surface area contributed by atoms with Crippen molar-refractivity contribution in [2.75, 3.05) is 19.4 Å². The summed E-state index contributed by atoms with van der Waals surface area (Å²) in [4.78, 5) is 16.0. The van der Waals surface area contributed by atoms with Crippen molar-refractivity contribution in [3.05, 3.63) is 46.2 Å². The van der Waals surface area contributed by atoms with Crippen LogP contribution in [0.2, 0.25) is 0 Å². The molecule has 1 amide bonds. The Labute approximate surface area is 128 Å². The summed E-state index contributed by atoms with van der Waals surface area (Å²) < 4.78 is 5.20. The highest BCUT2D eigenvalue weighted by Crippen LogP contribution is 2.35. The molecule has 1 aromatic carbocycles. The molecule has 5 heteroatoms. The van der Waals surface area contributed by atoms with E-state index in [0.717, 1.165) is 19.4 Å². The standard InChI is InChI=1S/C16H18N2O2S/c1-20-13-9-11(8-12(17)10-13)16(19)18-6-2-4-14(18)15-5-3-7-21-15/h3,5,7-10,14H,2,4,6,17H2,1H3. The number of hydrogen-bond donors (Lipinski definition) is 1. The molecule has 3 rings (SSSR count). The fourth-order valence-electron chi connectivity index (χ4n) is 2.82. The summed E-state index contributed by atoms with van der Waals surface area (Å²) in [5, 5.41) is 2.06. The maximum absolute atomic E-state index is 12.8. The lowest BCUT2D eigenvalue weighted by molar-refractivity contribution is 0.0737. The molecule has 1 fully saturated rings. The second-order valence-electron chi connectivity index (χ2n) is 5.17. The van der Waals surface area contributed by atoms with Gasteiger partial charge in [0.15, 0.2) is 0 Å². The Hall–Kier alpha value is -2.01. The van der Waals surface area contributed by atoms with Gasteiger partial charge in [-0.15, -0.1) is 11.3 Å². The van der Waals surface area contributed by atoms with Crippen LogP contribution in [0.5, 0.6) is 5.75 Å². The van der Waals surface area contributed by atoms with Crippen LogP contribution in [0.1, 0.15) is 34.1 Å². The van der Waals surface area contributed by atoms with Crippen LogP contribution >= 0.6 is 11.3 Å². The van der Waals surface area contributed by atoms with E-state index in [0.29, 0.717) is 17.0 Å². The van der Waals surface area contributed by atoms with Gasteiger partial charge >= 0.3 is 0 Å². The van der Waals surface area contributed by atoms with E-state index in [2.05, 4.69) is 11.4 Å². The second kappa shape index (κ2) is 5.77. The highest BCUT2D eigenvalue weighted by Gasteiger charge is 2.31. The lowest BCUT2D eigenvalue weighted by Gasteiger charge is -2.24. The van der Waals surface area contributed by atoms with Crippen LogP contribution in [0, 0.1) is 0 Å². The fraction of sp³-hybridized carbons (Fsp3) is 0.312. The van der Waals surface area contributed by atoms with Crippen molar-refractivity contribution >= 4 is 22.9 Å². The summed E-state index contributed by atoms with van der Waals surface area (Å²) in [5.41, 5.74) is 6.99. The minimum Gasteiger partial charge on any atom is -0.497 e. The van der Waals surface area contributed by atoms with Crippen LogP contribution in [0.4, 0.5) is 5.69 Å². The van der Waals surface area contributed by atoms with Crippen molar-refractivity contribution in [1.29, 1.82) is 0 Å². The lowest BCUT2D eigenvalue weighted by Crippen LogP contribution is -2.30. The van der Waals surface area contributed by atoms with E-state index >= 15 is 0 Å². The van der Waals surface area contributed by atoms with Crippen molar-refractivity contribution < 1.29 is 9.53 Å². The molecule has 0 saturated carbocycles. The third kappa shape index (κ3) is 2.74. The first-order chi connectivity index (χ1) is 10.2. The van der Waals surface area contributed by atoms with Gasteiger partial charge in [0.1, 0.15) is 5.75 Å². The number of nitrogens with two attached hydrogens (primary N) is 1. The molecule has 4 nitrogen and oxygen atoms in total. The molecular weight excluding hydrogens is 284 g/mol. The third-order valence-electron chi connectivity index (χ3n) is 3.80. The first-order valence-electron chi connectivity index (χ1n) is 6.98. The van der Waals surface area contributed by atoms with E-state index in [1.807, 2.05) is 11.0 Å². The number of rotatable bonds is 3. The van der Waals surface area contributed by atoms with Crippen molar-refractivity contribution in [2.45, 2.75) is 18.9 Å². The predicted octanol–water partition coefficient (Wildman–Crippen LogP) is 3.32. The van der Waals surface area contributed by atoms with Crippen LogP contribution in [0.15, 0.2) is 35.7 Å². The van der Waals surface area contributed by atoms with Crippen LogP contribution in [-0.2, 0) is 0 Å². The Morgan fingerprint density at radius 2 is 2.29 bits per heavy atom. The summed E-state index contributed by atoms with van der Waals surface area (Å²) >= 11 is 1.70. The van der Waals surface area contributed by atoms with E-state index in [-0.39, 0.29) is 11.9 Å². The zero-order valence-corrected chi connectivity index (χ0v) is 12.7. The molecule has 2 N–H and O–H groups in total. The van der Waals surface area contributed by atoms with Gasteiger partial charge in [-0.3, -0.25) is 4.79 Å². The zero-order valence-electron chi connectivity index (χ0n) is 11.9. The van der Waals surface area contributed by atoms with Crippen LogP contribution in [0.25, 0.3) is 0 Å². The molecule has 1 aliphatic rings. The second-order valence-corrected chi connectivity index (χ2v) is 6.15. The Morgan fingerprint density at radius 1 is 1.43 bits per heavy atom. The number of thiophene rings is 1. The molecule has 0 aliphatic carbocycles. The minimum atomic E-state index is 0.0245. The van der Waals surface area contributed by atoms with Gasteiger partial charge in [0.2, 0.25) is 0 Å². The van der Waals surface area contributed by atoms with Gasteiger partial charge in [-0.05, 0) is 36.4 Å². The Balaban J connectivity index is 1.89. The predicted molar refractivity (Wildman–Crippen MR) is 84.7 cm³/mol. The molecule has 1 unspecified atom stereocenters. The normalized spacial score (nSPS) is 18.0. The monoisotopic (exact) mass is 302 g/mol. The van der Waals surface area contributed by atoms with Gasteiger partial charge in [-0.1, -0.05) is 6.07 Å². The van der Waals surface area contributed by atoms with Crippen LogP contribution in [0.3, 0.4) is 0 Å². The molecule has 21 heavy (non-hydrogen) atoms. The molecule has 1 aliphatic heterocycles. The average molecular weight is 302 g/mol. The van der Waals surface area contributed by atoms with E-state index in [1.165, 1.54) is 4.88 Å². The molecule has 1 aromatic heterocycles. The number of benzene rings is 1. The summed E-state index contributed by atoms with van der Waals surface area (Å²) in [6, 6.07) is 9.50. The van der Waals surface area contributed by atoms with Crippen molar-refractivity contribution in [1.82, 2.24) is 4.90 Å². The summed E-state index contributed by atoms with van der Waals surface area (Å²) in [5.74, 6) is 0.640. The quantitative estimate of drug-likeness (QED) is 0.885. The molecule has 0 bridgehead atoms. The molecule has 1 saturated heterocycles. The van der Waals surface area contributed by atoms with Gasteiger partial charge in [-0.25, -0.2) is 0 Å². The average Bonchev–Trinajstić information content (AvgIpc) is 3.16. The lowest BCUT2D eigenvalue weighted by atomic mass is 10.1. The summed E-state index contributed by atoms with van der Waals surface area (Å²) in [6.45, 7) is 0.790. The number of methoxy groups -OCH3 is 1. The van der Waals surface area contributed by atoms with Crippen LogP contribution in [-0.4, -0.2) is 24.5 Å². The van der Waals surface area contributed by atoms with Crippen molar-refractivity contribution in [3.8, 4) is 5.75 Å². The van der Waals surface area contributed by atoms with E-state index in [9.17, 15) is 4.79 Å². The fourth-order valence-corrected chi connectivity index (χ4v) is 3.69. The topological polar surface area (TPSA) is 55.6 Å². The van der Waals surface area contributed by atoms with Crippen molar-refractivity contribution in [3.63, 3.8) is 0 Å². The van der Waals surface area contributed by atoms with Gasteiger partial charge in [0.05, 0.1) is 13.2 Å². The maximum Gasteiger partial charge on any atom is 0.254 e. The van der Waals surface area contributed by atoms with E-state index in [1.54, 1.807) is 36.6 Å². The molecule has 0 spiro atoms. The minimum absolute atomic E-state index is 0.0245. The smallest absolute Gasteiger partial charge is 0.254 e. The van der Waals surface area contributed by atoms with Gasteiger partial charge in [0, 0.05) is 28.7 Å². The first-order valence-corrected chi connectivity index (χ1v) is 7.86. The number of anilines is 1. The highest BCUT2D eigenvalue weighted by molar-refractivity contribution is 7.10. The Kier molecular flexibility index (Phi) is 3.84. The van der Waals surface area contributed by atoms with Gasteiger partial charge < -0.3 is 15.4 Å². The number of amides is 1. The number of carbonyl (C=O) groups excluding carboxylic acids is 1. The van der Waals surface area contributed by atoms with Gasteiger partial charge in [-0.2, -0.15) is 0 Å². The summed E-state index contributed by atoms with van der Waals surface area (Å²) in [6.07, 6.45) is 2.06. The SMILES string of the molecule is COc1cc(N)cc(C(=O)N2CCCC2c2cccs2)c1. The number of ether oxygens (including phenoxy) is 1. The number of carbonyl (C=O) groups is 1. The zero-order chi connectivity index (χ0) is 14.8. The maximum atomic E-state index is 12.8. The number of nitrogen functional groups attached to an aromatic ring is 1. The molecule has 0 radical (unpaired) electrons. The van der Waals surface area contributed by atoms with E-state index in [4.69, 9.17) is 10.5 Å². The third-order valence-corrected chi connectivity index (χ3v) is 4.77. The molecule has 2 aromatic rings. The number of hydrogen-bond acceptors (Lipinski definition) is 4. The number of nitrogens with zero attached hydrogens (tertiary/aromatic N) is 1. The molecule has 110 valence electrons. The Morgan fingerprint density at radius 3 is 3.00 bits per heavy atom. The number of likely N-dealkylation sites (tertiary alicyclic amines) is 1. The molecule has 2 heterocycles. The molecule has 1 atom stereocenters. The van der Waals surface area contributed by atoms with Crippen molar-refractivity contribution in [2.24, 2.45) is 0 Å². The van der Waals surface area contributed by atoms with Gasteiger partial charge in [0.25, 0.3) is 5.91 Å². The Bertz CT molecular complexity index is 640. The van der Waals surface area contributed by atoms with Crippen LogP contribution < -0.4 is 10.5 Å². The largest absolute Gasteiger partial charge is 0.497 e. The summed E-state index contributed by atoms with van der Waals surface area (Å²) in [7, 11) is 1.58. The van der Waals surface area contributed by atoms with E-state index < -0.39 is 0 Å². The molecular formula is C16H18N2O2S. The highest BCUT2D eigenvalue weighted by atomic mass is 32.1. The first kappa shape index (κ1) is 13.9.